The van der Waals surface area contributed by atoms with Crippen molar-refractivity contribution in [2.45, 2.75) is 44.9 Å². The zero-order chi connectivity index (χ0) is 11.5. The molecule has 17 heavy (non-hydrogen) atoms. The van der Waals surface area contributed by atoms with Crippen LogP contribution in [0.15, 0.2) is 4.63 Å². The van der Waals surface area contributed by atoms with E-state index in [0.29, 0.717) is 11.2 Å². The maximum atomic E-state index is 5.80. The van der Waals surface area contributed by atoms with Crippen LogP contribution in [0.1, 0.15) is 44.2 Å². The maximum absolute atomic E-state index is 5.80. The van der Waals surface area contributed by atoms with Gasteiger partial charge in [-0.3, -0.25) is 0 Å². The van der Waals surface area contributed by atoms with Crippen LogP contribution in [0.4, 0.5) is 5.82 Å². The summed E-state index contributed by atoms with van der Waals surface area (Å²) in [6, 6.07) is 0. The molecule has 92 valence electrons. The number of rotatable bonds is 2. The summed E-state index contributed by atoms with van der Waals surface area (Å²) in [6.07, 6.45) is 9.57. The molecule has 4 bridgehead atoms. The third kappa shape index (κ3) is 1.49. The molecule has 5 rings (SSSR count). The summed E-state index contributed by atoms with van der Waals surface area (Å²) in [5.41, 5.74) is 7.17. The van der Waals surface area contributed by atoms with Crippen LogP contribution < -0.4 is 5.73 Å². The smallest absolute Gasteiger partial charge is 0.191 e. The average molecular weight is 233 g/mol. The number of hydrogen-bond acceptors (Lipinski definition) is 4. The zero-order valence-electron chi connectivity index (χ0n) is 10.1. The standard InChI is InChI=1S/C13H19N3O/c14-12-11(15-17-16-12)7-13-4-8-1-9(5-13)3-10(2-8)6-13/h8-10H,1-7H2,(H2,14,16). The third-order valence-electron chi connectivity index (χ3n) is 5.29. The Balaban J connectivity index is 1.62. The molecule has 1 aromatic heterocycles. The molecule has 0 radical (unpaired) electrons. The molecule has 0 aromatic carbocycles. The highest BCUT2D eigenvalue weighted by Gasteiger charge is 2.51. The van der Waals surface area contributed by atoms with Crippen molar-refractivity contribution in [1.82, 2.24) is 10.3 Å². The monoisotopic (exact) mass is 233 g/mol. The number of nitrogen functional groups attached to an aromatic ring is 1. The second kappa shape index (κ2) is 3.24. The van der Waals surface area contributed by atoms with Gasteiger partial charge in [0.1, 0.15) is 5.69 Å². The average Bonchev–Trinajstić information content (AvgIpc) is 2.61. The highest BCUT2D eigenvalue weighted by molar-refractivity contribution is 5.32. The second-order valence-corrected chi connectivity index (χ2v) is 6.69. The second-order valence-electron chi connectivity index (χ2n) is 6.69. The van der Waals surface area contributed by atoms with E-state index in [2.05, 4.69) is 10.3 Å². The van der Waals surface area contributed by atoms with Gasteiger partial charge in [0.05, 0.1) is 0 Å². The molecular weight excluding hydrogens is 214 g/mol. The first kappa shape index (κ1) is 9.92. The molecule has 4 fully saturated rings. The van der Waals surface area contributed by atoms with E-state index < -0.39 is 0 Å². The van der Waals surface area contributed by atoms with Gasteiger partial charge in [0, 0.05) is 6.42 Å². The Bertz CT molecular complexity index is 404. The molecule has 0 saturated heterocycles. The lowest BCUT2D eigenvalue weighted by molar-refractivity contribution is -0.0528. The zero-order valence-corrected chi connectivity index (χ0v) is 10.1. The fourth-order valence-corrected chi connectivity index (χ4v) is 5.20. The lowest BCUT2D eigenvalue weighted by Gasteiger charge is -2.56. The lowest BCUT2D eigenvalue weighted by Crippen LogP contribution is -2.47. The molecule has 0 unspecified atom stereocenters. The normalized spacial score (nSPS) is 43.2. The summed E-state index contributed by atoms with van der Waals surface area (Å²) in [4.78, 5) is 0. The molecule has 0 spiro atoms. The predicted octanol–water partition coefficient (Wildman–Crippen LogP) is 2.41. The molecule has 1 aromatic rings. The predicted molar refractivity (Wildman–Crippen MR) is 63.0 cm³/mol. The van der Waals surface area contributed by atoms with Crippen LogP contribution in [0.25, 0.3) is 0 Å². The molecule has 4 nitrogen and oxygen atoms in total. The first-order valence-electron chi connectivity index (χ1n) is 6.79. The van der Waals surface area contributed by atoms with E-state index >= 15 is 0 Å². The molecule has 4 heteroatoms. The van der Waals surface area contributed by atoms with Crippen molar-refractivity contribution in [2.75, 3.05) is 5.73 Å². The highest BCUT2D eigenvalue weighted by Crippen LogP contribution is 2.61. The Morgan fingerprint density at radius 1 is 1.06 bits per heavy atom. The van der Waals surface area contributed by atoms with E-state index in [1.165, 1.54) is 38.5 Å². The van der Waals surface area contributed by atoms with E-state index in [1.54, 1.807) is 0 Å². The van der Waals surface area contributed by atoms with Gasteiger partial charge in [0.2, 0.25) is 0 Å². The van der Waals surface area contributed by atoms with Crippen LogP contribution in [0.5, 0.6) is 0 Å². The molecule has 4 aliphatic carbocycles. The first-order valence-corrected chi connectivity index (χ1v) is 6.79. The SMILES string of the molecule is Nc1nonc1CC12CC3CC(CC(C3)C1)C2. The van der Waals surface area contributed by atoms with E-state index in [4.69, 9.17) is 10.4 Å². The Morgan fingerprint density at radius 3 is 2.12 bits per heavy atom. The van der Waals surface area contributed by atoms with Crippen molar-refractivity contribution in [2.24, 2.45) is 23.2 Å². The van der Waals surface area contributed by atoms with Crippen molar-refractivity contribution in [3.8, 4) is 0 Å². The number of hydrogen-bond donors (Lipinski definition) is 1. The molecule has 4 aliphatic rings. The van der Waals surface area contributed by atoms with Gasteiger partial charge in [-0.1, -0.05) is 5.16 Å². The summed E-state index contributed by atoms with van der Waals surface area (Å²) in [7, 11) is 0. The largest absolute Gasteiger partial charge is 0.379 e. The van der Waals surface area contributed by atoms with Crippen LogP contribution in [-0.4, -0.2) is 10.3 Å². The number of anilines is 1. The summed E-state index contributed by atoms with van der Waals surface area (Å²) >= 11 is 0. The highest BCUT2D eigenvalue weighted by atomic mass is 16.6. The summed E-state index contributed by atoms with van der Waals surface area (Å²) in [5.74, 6) is 3.42. The van der Waals surface area contributed by atoms with E-state index in [0.717, 1.165) is 29.9 Å². The van der Waals surface area contributed by atoms with Crippen LogP contribution in [0.2, 0.25) is 0 Å². The Morgan fingerprint density at radius 2 is 1.65 bits per heavy atom. The molecule has 2 N–H and O–H groups in total. The van der Waals surface area contributed by atoms with Crippen molar-refractivity contribution >= 4 is 5.82 Å². The van der Waals surface area contributed by atoms with Crippen molar-refractivity contribution in [1.29, 1.82) is 0 Å². The topological polar surface area (TPSA) is 64.9 Å². The summed E-state index contributed by atoms with van der Waals surface area (Å²) in [5, 5.41) is 7.69. The minimum atomic E-state index is 0.474. The molecular formula is C13H19N3O. The van der Waals surface area contributed by atoms with E-state index in [1.807, 2.05) is 0 Å². The van der Waals surface area contributed by atoms with Gasteiger partial charge in [0.25, 0.3) is 0 Å². The fraction of sp³-hybridized carbons (Fsp3) is 0.846. The van der Waals surface area contributed by atoms with Crippen molar-refractivity contribution in [3.63, 3.8) is 0 Å². The van der Waals surface area contributed by atoms with Crippen molar-refractivity contribution < 1.29 is 4.63 Å². The van der Waals surface area contributed by atoms with E-state index in [-0.39, 0.29) is 0 Å². The van der Waals surface area contributed by atoms with Crippen LogP contribution in [-0.2, 0) is 6.42 Å². The Labute approximate surface area is 101 Å². The Hall–Kier alpha value is -1.06. The van der Waals surface area contributed by atoms with Crippen LogP contribution in [0.3, 0.4) is 0 Å². The third-order valence-corrected chi connectivity index (χ3v) is 5.29. The lowest BCUT2D eigenvalue weighted by atomic mass is 9.48. The van der Waals surface area contributed by atoms with Gasteiger partial charge in [-0.25, -0.2) is 4.63 Å². The minimum absolute atomic E-state index is 0.474. The van der Waals surface area contributed by atoms with Crippen molar-refractivity contribution in [3.05, 3.63) is 5.69 Å². The number of aromatic nitrogens is 2. The number of nitrogens with two attached hydrogens (primary N) is 1. The molecule has 0 atom stereocenters. The minimum Gasteiger partial charge on any atom is -0.379 e. The molecule has 4 saturated carbocycles. The molecule has 1 heterocycles. The van der Waals surface area contributed by atoms with Gasteiger partial charge in [-0.15, -0.1) is 0 Å². The van der Waals surface area contributed by atoms with Gasteiger partial charge >= 0.3 is 0 Å². The molecule has 0 aliphatic heterocycles. The van der Waals surface area contributed by atoms with Crippen LogP contribution >= 0.6 is 0 Å². The summed E-state index contributed by atoms with van der Waals surface area (Å²) < 4.78 is 4.73. The van der Waals surface area contributed by atoms with Gasteiger partial charge < -0.3 is 5.73 Å². The van der Waals surface area contributed by atoms with Gasteiger partial charge in [-0.05, 0) is 66.9 Å². The maximum Gasteiger partial charge on any atom is 0.191 e. The first-order chi connectivity index (χ1) is 8.22. The van der Waals surface area contributed by atoms with Gasteiger partial charge in [0.15, 0.2) is 5.82 Å². The van der Waals surface area contributed by atoms with Gasteiger partial charge in [-0.2, -0.15) is 0 Å². The molecule has 0 amide bonds. The Kier molecular flexibility index (Phi) is 1.89. The van der Waals surface area contributed by atoms with Crippen LogP contribution in [0, 0.1) is 23.2 Å². The fourth-order valence-electron chi connectivity index (χ4n) is 5.20. The summed E-state index contributed by atoms with van der Waals surface area (Å²) in [6.45, 7) is 0. The quantitative estimate of drug-likeness (QED) is 0.852. The number of nitrogens with zero attached hydrogens (tertiary/aromatic N) is 2. The van der Waals surface area contributed by atoms with E-state index in [9.17, 15) is 0 Å².